The van der Waals surface area contributed by atoms with Crippen LogP contribution in [-0.2, 0) is 24.1 Å². The van der Waals surface area contributed by atoms with E-state index in [4.69, 9.17) is 5.73 Å². The first kappa shape index (κ1) is 16.6. The second-order valence-electron chi connectivity index (χ2n) is 5.06. The minimum atomic E-state index is -0.511. The fraction of sp³-hybridized carbons (Fsp3) is 0.312. The second kappa shape index (κ2) is 8.64. The quantitative estimate of drug-likeness (QED) is 0.393. The van der Waals surface area contributed by atoms with Gasteiger partial charge in [-0.3, -0.25) is 0 Å². The molecule has 0 radical (unpaired) electrons. The Kier molecular flexibility index (Phi) is 6.53. The molecule has 1 fully saturated rings. The van der Waals surface area contributed by atoms with Crippen LogP contribution in [0.1, 0.15) is 19.3 Å². The van der Waals surface area contributed by atoms with Crippen molar-refractivity contribution in [3.63, 3.8) is 0 Å². The van der Waals surface area contributed by atoms with E-state index >= 15 is 0 Å². The molecule has 0 aliphatic carbocycles. The first-order chi connectivity index (χ1) is 10.7. The number of likely N-dealkylation sites (tertiary alicyclic amines) is 1. The third kappa shape index (κ3) is 5.23. The summed E-state index contributed by atoms with van der Waals surface area (Å²) >= 11 is 1.33. The van der Waals surface area contributed by atoms with Gasteiger partial charge >= 0.3 is 142 Å². The minimum absolute atomic E-state index is 0.469. The molecular weight excluding hydrogens is 448 g/mol. The van der Waals surface area contributed by atoms with Crippen molar-refractivity contribution < 1.29 is 24.1 Å². The van der Waals surface area contributed by atoms with Crippen LogP contribution in [0, 0.1) is 0 Å². The van der Waals surface area contributed by atoms with Crippen LogP contribution in [0.25, 0.3) is 0 Å². The van der Waals surface area contributed by atoms with Crippen molar-refractivity contribution in [1.29, 1.82) is 0 Å². The summed E-state index contributed by atoms with van der Waals surface area (Å²) in [6, 6.07) is 9.64. The number of carbonyl (C=O) groups excluding carboxylic acids is 1. The number of aliphatic imine (C=N–C) groups is 1. The van der Waals surface area contributed by atoms with Gasteiger partial charge in [-0.25, -0.2) is 0 Å². The molecule has 1 amide bonds. The normalized spacial score (nSPS) is 16.3. The summed E-state index contributed by atoms with van der Waals surface area (Å²) in [5.41, 5.74) is 6.17. The zero-order chi connectivity index (χ0) is 15.8. The maximum absolute atomic E-state index is 11.3. The van der Waals surface area contributed by atoms with Crippen LogP contribution < -0.4 is 11.1 Å². The van der Waals surface area contributed by atoms with Crippen molar-refractivity contribution in [2.24, 2.45) is 10.7 Å². The Morgan fingerprint density at radius 3 is 2.50 bits per heavy atom. The number of hydrogen-bond donors (Lipinski definition) is 2. The molecule has 0 unspecified atom stereocenters. The summed E-state index contributed by atoms with van der Waals surface area (Å²) in [6.45, 7) is 2.02. The van der Waals surface area contributed by atoms with Crippen LogP contribution in [0.2, 0.25) is 0 Å². The van der Waals surface area contributed by atoms with E-state index in [2.05, 4.69) is 15.2 Å². The number of amides is 1. The third-order valence-corrected chi connectivity index (χ3v) is 4.10. The predicted octanol–water partition coefficient (Wildman–Crippen LogP) is 1.66. The summed E-state index contributed by atoms with van der Waals surface area (Å²) < 4.78 is 2.05. The molecule has 3 N–H and O–H groups in total. The second-order valence-corrected chi connectivity index (χ2v) is 5.91. The number of anilines is 1. The molecule has 1 aromatic carbocycles. The van der Waals surface area contributed by atoms with Crippen molar-refractivity contribution in [2.45, 2.75) is 19.3 Å². The first-order valence-electron chi connectivity index (χ1n) is 7.31. The van der Waals surface area contributed by atoms with Gasteiger partial charge in [-0.1, -0.05) is 0 Å². The van der Waals surface area contributed by atoms with Gasteiger partial charge < -0.3 is 0 Å². The predicted molar refractivity (Wildman–Crippen MR) is 86.3 cm³/mol. The number of para-hydroxylation sites is 1. The van der Waals surface area contributed by atoms with Gasteiger partial charge in [0, 0.05) is 0 Å². The average molecular weight is 468 g/mol. The molecule has 0 spiro atoms. The Hall–Kier alpha value is -1.74. The number of rotatable bonds is 5. The molecule has 2 rings (SSSR count). The molecule has 6 heteroatoms. The Bertz CT molecular complexity index is 577. The van der Waals surface area contributed by atoms with Crippen molar-refractivity contribution in [3.8, 4) is 0 Å². The van der Waals surface area contributed by atoms with Crippen molar-refractivity contribution >= 4 is 21.8 Å². The van der Waals surface area contributed by atoms with E-state index in [0.29, 0.717) is 5.82 Å². The van der Waals surface area contributed by atoms with Gasteiger partial charge in [0.2, 0.25) is 0 Å². The number of benzene rings is 1. The van der Waals surface area contributed by atoms with Gasteiger partial charge in [-0.15, -0.1) is 0 Å². The zero-order valence-corrected chi connectivity index (χ0v) is 15.3. The Balaban J connectivity index is 2.22. The van der Waals surface area contributed by atoms with Crippen molar-refractivity contribution in [1.82, 2.24) is 4.90 Å². The monoisotopic (exact) mass is 468 g/mol. The van der Waals surface area contributed by atoms with E-state index in [0.717, 1.165) is 24.6 Å². The molecule has 0 atom stereocenters. The van der Waals surface area contributed by atoms with Crippen molar-refractivity contribution in [3.05, 3.63) is 42.2 Å². The SMILES string of the molecule is NC(=O)C=C(/N=C(\[CH]=[W])N1CCCCC1)Nc1ccccc1. The fourth-order valence-electron chi connectivity index (χ4n) is 2.32. The van der Waals surface area contributed by atoms with Gasteiger partial charge in [-0.05, 0) is 0 Å². The van der Waals surface area contributed by atoms with Crippen LogP contribution in [0.3, 0.4) is 0 Å². The number of nitrogens with zero attached hydrogens (tertiary/aromatic N) is 2. The number of nitrogens with two attached hydrogens (primary N) is 1. The average Bonchev–Trinajstić information content (AvgIpc) is 2.53. The van der Waals surface area contributed by atoms with Gasteiger partial charge in [0.1, 0.15) is 0 Å². The molecule has 1 saturated heterocycles. The third-order valence-electron chi connectivity index (χ3n) is 3.35. The molecule has 1 aliphatic heterocycles. The van der Waals surface area contributed by atoms with Gasteiger partial charge in [0.05, 0.1) is 0 Å². The summed E-state index contributed by atoms with van der Waals surface area (Å²) in [6.07, 6.45) is 4.97. The molecule has 1 aliphatic rings. The Morgan fingerprint density at radius 1 is 1.23 bits per heavy atom. The topological polar surface area (TPSA) is 70.7 Å². The standard InChI is InChI=1S/C16H20N4O.W/c1-13(20-10-6-3-7-11-20)18-16(12-15(17)21)19-14-8-4-2-5-9-14;/h1-2,4-5,8-9,12,19H,3,6-7,10-11H2,(H2,17,21);/b16-12?,18-13+;. The fourth-order valence-corrected chi connectivity index (χ4v) is 3.04. The first-order valence-corrected chi connectivity index (χ1v) is 9.00. The van der Waals surface area contributed by atoms with Gasteiger partial charge in [0.25, 0.3) is 0 Å². The molecule has 5 nitrogen and oxygen atoms in total. The maximum atomic E-state index is 11.3. The van der Waals surface area contributed by atoms with Crippen LogP contribution in [-0.4, -0.2) is 34.1 Å². The van der Waals surface area contributed by atoms with E-state index in [-0.39, 0.29) is 0 Å². The van der Waals surface area contributed by atoms with E-state index in [1.807, 2.05) is 34.7 Å². The van der Waals surface area contributed by atoms with Gasteiger partial charge in [0.15, 0.2) is 0 Å². The van der Waals surface area contributed by atoms with Crippen LogP contribution >= 0.6 is 0 Å². The summed E-state index contributed by atoms with van der Waals surface area (Å²) in [5, 5.41) is 3.15. The number of primary amides is 1. The van der Waals surface area contributed by atoms with E-state index in [9.17, 15) is 4.79 Å². The number of nitrogens with one attached hydrogen (secondary N) is 1. The summed E-state index contributed by atoms with van der Waals surface area (Å²) in [4.78, 5) is 18.1. The number of piperidine rings is 1. The molecular formula is C16H20N4OW. The number of hydrogen-bond acceptors (Lipinski definition) is 3. The van der Waals surface area contributed by atoms with Crippen LogP contribution in [0.4, 0.5) is 5.69 Å². The molecule has 1 aromatic rings. The van der Waals surface area contributed by atoms with Gasteiger partial charge in [-0.2, -0.15) is 0 Å². The van der Waals surface area contributed by atoms with E-state index in [1.165, 1.54) is 44.7 Å². The van der Waals surface area contributed by atoms with Crippen LogP contribution in [0.5, 0.6) is 0 Å². The molecule has 1 heterocycles. The molecule has 0 bridgehead atoms. The molecule has 22 heavy (non-hydrogen) atoms. The Morgan fingerprint density at radius 2 is 1.91 bits per heavy atom. The summed E-state index contributed by atoms with van der Waals surface area (Å²) in [7, 11) is 0. The number of carbonyl (C=O) groups is 1. The zero-order valence-electron chi connectivity index (χ0n) is 12.4. The Labute approximate surface area is 141 Å². The van der Waals surface area contributed by atoms with Crippen LogP contribution in [0.15, 0.2) is 47.2 Å². The molecule has 0 aromatic heterocycles. The van der Waals surface area contributed by atoms with Crippen molar-refractivity contribution in [2.75, 3.05) is 18.4 Å². The van der Waals surface area contributed by atoms with E-state index < -0.39 is 5.91 Å². The molecule has 116 valence electrons. The number of amidine groups is 1. The van der Waals surface area contributed by atoms with E-state index in [1.54, 1.807) is 0 Å². The molecule has 0 saturated carbocycles. The summed E-state index contributed by atoms with van der Waals surface area (Å²) in [5.74, 6) is 0.867.